The molecule has 13 N–H and O–H groups in total. The molecule has 1 spiro atoms. The Hall–Kier alpha value is -4.13. The van der Waals surface area contributed by atoms with Gasteiger partial charge in [0, 0.05) is 95.8 Å². The van der Waals surface area contributed by atoms with Crippen LogP contribution in [0.1, 0.15) is 224 Å². The van der Waals surface area contributed by atoms with Gasteiger partial charge in [0.05, 0.1) is 18.8 Å². The topological polar surface area (TPSA) is 240 Å². The first-order chi connectivity index (χ1) is 44.2. The number of fused-ring (bicyclic) bond motifs is 2. The predicted molar refractivity (Wildman–Crippen MR) is 368 cm³/mol. The number of H-pyrrole nitrogens is 1. The van der Waals surface area contributed by atoms with Crippen LogP contribution in [-0.4, -0.2) is 104 Å². The number of guanidine groups is 1. The number of aliphatic hydroxyl groups excluding tert-OH is 3. The normalized spacial score (nSPS) is 33.4. The first kappa shape index (κ1) is 65.5. The maximum Gasteiger partial charge on any atom is 0.189 e. The van der Waals surface area contributed by atoms with Crippen molar-refractivity contribution in [3.63, 3.8) is 0 Å². The van der Waals surface area contributed by atoms with Gasteiger partial charge in [0.15, 0.2) is 17.5 Å². The minimum atomic E-state index is -0.943. The molecule has 8 aliphatic carbocycles. The molecule has 13 rings (SSSR count). The van der Waals surface area contributed by atoms with Crippen molar-refractivity contribution in [3.8, 4) is 17.2 Å². The van der Waals surface area contributed by atoms with E-state index in [4.69, 9.17) is 25.6 Å². The number of aromatic nitrogens is 1. The zero-order valence-corrected chi connectivity index (χ0v) is 56.2. The maximum absolute atomic E-state index is 12.1. The van der Waals surface area contributed by atoms with Gasteiger partial charge in [-0.05, 0) is 216 Å². The molecule has 498 valence electrons. The molecule has 6 saturated carbocycles. The van der Waals surface area contributed by atoms with E-state index in [1.165, 1.54) is 107 Å². The molecule has 2 aromatic carbocycles. The van der Waals surface area contributed by atoms with E-state index in [2.05, 4.69) is 58.2 Å². The quantitative estimate of drug-likeness (QED) is 0.0161. The van der Waals surface area contributed by atoms with Gasteiger partial charge in [-0.2, -0.15) is 0 Å². The van der Waals surface area contributed by atoms with Gasteiger partial charge >= 0.3 is 0 Å². The van der Waals surface area contributed by atoms with Crippen LogP contribution in [0.3, 0.4) is 0 Å². The van der Waals surface area contributed by atoms with E-state index >= 15 is 0 Å². The number of furan rings is 1. The van der Waals surface area contributed by atoms with Gasteiger partial charge in [-0.15, -0.1) is 0 Å². The number of rotatable bonds is 21. The lowest BCUT2D eigenvalue weighted by Crippen LogP contribution is -2.53. The summed E-state index contributed by atoms with van der Waals surface area (Å²) in [7, 11) is 3.96. The SMILES string of the molecule is C[C@H](O)CN[C@H](CNC1CCCC1)[C@H]1c2cc([C@@H](O)COc3cc(CCc4cc(CO)c(CC[C@@H]5CC[C@H]6[C@H]7CSSC[C@@H](N=C(N)N[C@H]8CCC[C@H](c9ccc(O)cc9)C8)[C@@H](C)CC[C@H]6[C@H](C5)C[C@H]7N)o4)ccc3O)[nH]c2[C@H]2C=C[C@@]13CCC[C@@H]3C21CCCC1. The molecule has 1 saturated heterocycles. The summed E-state index contributed by atoms with van der Waals surface area (Å²) in [6.07, 6.45) is 32.1. The van der Waals surface area contributed by atoms with Crippen LogP contribution in [0.25, 0.3) is 0 Å². The molecule has 1 aliphatic heterocycles. The Balaban J connectivity index is 0.629. The van der Waals surface area contributed by atoms with E-state index in [0.29, 0.717) is 90.2 Å². The molecule has 3 heterocycles. The Bertz CT molecular complexity index is 3100. The largest absolute Gasteiger partial charge is 0.508 e. The van der Waals surface area contributed by atoms with Crippen molar-refractivity contribution in [2.45, 2.75) is 241 Å². The number of aryl methyl sites for hydroxylation is 3. The van der Waals surface area contributed by atoms with Crippen LogP contribution in [0, 0.1) is 52.3 Å². The van der Waals surface area contributed by atoms with E-state index < -0.39 is 12.2 Å². The highest BCUT2D eigenvalue weighted by molar-refractivity contribution is 8.76. The lowest BCUT2D eigenvalue weighted by Gasteiger charge is -2.53. The van der Waals surface area contributed by atoms with Crippen molar-refractivity contribution in [2.75, 3.05) is 31.2 Å². The van der Waals surface area contributed by atoms with Crippen molar-refractivity contribution < 1.29 is 34.7 Å². The molecule has 91 heavy (non-hydrogen) atoms. The molecule has 16 heteroatoms. The van der Waals surface area contributed by atoms with Gasteiger partial charge in [-0.1, -0.05) is 104 Å². The summed E-state index contributed by atoms with van der Waals surface area (Å²) in [5.74, 6) is 9.97. The van der Waals surface area contributed by atoms with Crippen LogP contribution in [0.4, 0.5) is 0 Å². The monoisotopic (exact) mass is 1280 g/mol. The Morgan fingerprint density at radius 1 is 0.813 bits per heavy atom. The minimum Gasteiger partial charge on any atom is -0.508 e. The fourth-order valence-electron chi connectivity index (χ4n) is 20.5. The Morgan fingerprint density at radius 2 is 1.62 bits per heavy atom. The van der Waals surface area contributed by atoms with Crippen LogP contribution < -0.4 is 32.2 Å². The summed E-state index contributed by atoms with van der Waals surface area (Å²) >= 11 is 0. The number of aromatic amines is 1. The summed E-state index contributed by atoms with van der Waals surface area (Å²) in [4.78, 5) is 9.12. The second-order valence-electron chi connectivity index (χ2n) is 30.5. The predicted octanol–water partition coefficient (Wildman–Crippen LogP) is 13.1. The van der Waals surface area contributed by atoms with Crippen molar-refractivity contribution >= 4 is 27.5 Å². The van der Waals surface area contributed by atoms with Crippen molar-refractivity contribution in [1.82, 2.24) is 20.9 Å². The molecule has 0 amide bonds. The zero-order chi connectivity index (χ0) is 62.8. The Kier molecular flexibility index (Phi) is 20.9. The molecule has 9 aliphatic rings. The van der Waals surface area contributed by atoms with Crippen molar-refractivity contribution in [1.29, 1.82) is 0 Å². The average Bonchev–Trinajstić information content (AvgIpc) is 1.49. The lowest BCUT2D eigenvalue weighted by atomic mass is 9.52. The van der Waals surface area contributed by atoms with Crippen molar-refractivity contribution in [2.24, 2.45) is 68.7 Å². The average molecular weight is 1280 g/mol. The molecule has 14 nitrogen and oxygen atoms in total. The number of ether oxygens (including phenoxy) is 1. The molecule has 4 aromatic rings. The number of aliphatic hydroxyl groups is 3. The number of benzene rings is 2. The number of hydrogen-bond acceptors (Lipinski definition) is 13. The number of aromatic hydroxyl groups is 2. The minimum absolute atomic E-state index is 0.00110. The lowest BCUT2D eigenvalue weighted by molar-refractivity contribution is 0.0350. The number of phenols is 2. The Labute approximate surface area is 550 Å². The Morgan fingerprint density at radius 3 is 2.43 bits per heavy atom. The number of phenolic OH excluding ortho intramolecular Hbond substituents is 2. The van der Waals surface area contributed by atoms with Gasteiger partial charge < -0.3 is 67.1 Å². The van der Waals surface area contributed by atoms with Gasteiger partial charge in [0.1, 0.15) is 30.0 Å². The molecular formula is C75H109N7O7S2. The first-order valence-corrected chi connectivity index (χ1v) is 38.5. The molecule has 0 unspecified atom stereocenters. The van der Waals surface area contributed by atoms with Gasteiger partial charge in [-0.25, -0.2) is 4.99 Å². The van der Waals surface area contributed by atoms with Gasteiger partial charge in [-0.3, -0.25) is 0 Å². The van der Waals surface area contributed by atoms with E-state index in [0.717, 1.165) is 104 Å². The highest BCUT2D eigenvalue weighted by atomic mass is 33.1. The standard InChI is InChI=1S/C75H109N7O7S2/c1-45-14-24-57-51-33-47(16-25-58(57)60(62(76)37-51)43-90-91-44-65(45)82-73(77)80-54-12-7-9-50(35-54)49-19-21-55(85)22-20-49)18-27-68-52(41-83)36-56(89-68)23-15-48-17-26-66(86)69(34-48)88-42-67(87)63-38-59-71(64(79-39-46(2)84)40-78-53-10-3-4-11-53)75-31-8-13-70(75)74(29-5-6-30-74)61(28-32-75)72(59)81-63/h17,19-22,26,28,32,34,36,38,45-47,50-51,53-54,57-58,60-62,64-65,67,70-71,78-79,81,83-87H,3-16,18,23-25,27,29-31,33,35,37,39-44,76H2,1-2H3,(H3,77,80,82)/t45-,46-,47-,50-,51+,54-,57-,58+,60+,61+,62+,64+,65+,67-,70+,71+,75+/m0/s1. The smallest absolute Gasteiger partial charge is 0.189 e. The van der Waals surface area contributed by atoms with Crippen LogP contribution >= 0.6 is 21.6 Å². The highest BCUT2D eigenvalue weighted by Gasteiger charge is 2.65. The molecule has 6 bridgehead atoms. The third-order valence-electron chi connectivity index (χ3n) is 25.0. The third kappa shape index (κ3) is 14.3. The van der Waals surface area contributed by atoms with Crippen molar-refractivity contribution in [3.05, 3.63) is 112 Å². The highest BCUT2D eigenvalue weighted by Crippen LogP contribution is 2.73. The number of nitrogens with zero attached hydrogens (tertiary/aromatic N) is 1. The van der Waals surface area contributed by atoms with E-state index in [-0.39, 0.29) is 65.8 Å². The van der Waals surface area contributed by atoms with Crippen LogP contribution in [0.2, 0.25) is 0 Å². The van der Waals surface area contributed by atoms with Gasteiger partial charge in [0.2, 0.25) is 0 Å². The molecule has 7 fully saturated rings. The fourth-order valence-corrected chi connectivity index (χ4v) is 23.3. The summed E-state index contributed by atoms with van der Waals surface area (Å²) in [6, 6.07) is 18.8. The van der Waals surface area contributed by atoms with Crippen LogP contribution in [-0.2, 0) is 25.9 Å². The summed E-state index contributed by atoms with van der Waals surface area (Å²) in [5, 5.41) is 66.1. The summed E-state index contributed by atoms with van der Waals surface area (Å²) < 4.78 is 13.0. The van der Waals surface area contributed by atoms with E-state index in [1.807, 2.05) is 46.7 Å². The molecule has 17 atom stereocenters. The molecule has 2 aromatic heterocycles. The first-order valence-electron chi connectivity index (χ1n) is 36.0. The van der Waals surface area contributed by atoms with Crippen LogP contribution in [0.15, 0.2) is 76.2 Å². The molecular weight excluding hydrogens is 1180 g/mol. The maximum atomic E-state index is 12.1. The second-order valence-corrected chi connectivity index (χ2v) is 33.0. The van der Waals surface area contributed by atoms with E-state index in [1.54, 1.807) is 18.2 Å². The third-order valence-corrected chi connectivity index (χ3v) is 27.5. The zero-order valence-electron chi connectivity index (χ0n) is 54.6. The number of allylic oxidation sites excluding steroid dienone is 2. The number of nitrogens with one attached hydrogen (secondary N) is 4. The number of hydrogen-bond donors (Lipinski definition) is 11. The van der Waals surface area contributed by atoms with Gasteiger partial charge in [0.25, 0.3) is 0 Å². The number of nitrogens with two attached hydrogens (primary N) is 2. The number of aliphatic imine (C=N–C) groups is 1. The second kappa shape index (κ2) is 29.1. The summed E-state index contributed by atoms with van der Waals surface area (Å²) in [5.41, 5.74) is 20.7. The van der Waals surface area contributed by atoms with Crippen LogP contribution in [0.5, 0.6) is 17.2 Å². The molecule has 0 radical (unpaired) electrons. The summed E-state index contributed by atoms with van der Waals surface area (Å²) in [6.45, 7) is 5.58. The fraction of sp³-hybridized carbons (Fsp3) is 0.693. The van der Waals surface area contributed by atoms with E-state index in [9.17, 15) is 25.5 Å².